The summed E-state index contributed by atoms with van der Waals surface area (Å²) in [7, 11) is 1.58. The molecule has 1 heterocycles. The molecule has 0 unspecified atom stereocenters. The molecule has 6 nitrogen and oxygen atoms in total. The quantitative estimate of drug-likeness (QED) is 0.830. The molecule has 0 bridgehead atoms. The fraction of sp³-hybridized carbons (Fsp3) is 0.462. The Morgan fingerprint density at radius 2 is 2.11 bits per heavy atom. The zero-order valence-corrected chi connectivity index (χ0v) is 10.7. The summed E-state index contributed by atoms with van der Waals surface area (Å²) in [5.74, 6) is -1.37. The number of amides is 1. The molecule has 102 valence electrons. The molecule has 1 amide bonds. The smallest absolute Gasteiger partial charge is 0.354 e. The van der Waals surface area contributed by atoms with Gasteiger partial charge in [-0.05, 0) is 25.0 Å². The van der Waals surface area contributed by atoms with Crippen LogP contribution >= 0.6 is 0 Å². The summed E-state index contributed by atoms with van der Waals surface area (Å²) in [6, 6.07) is 4.68. The third-order valence-electron chi connectivity index (χ3n) is 2.97. The van der Waals surface area contributed by atoms with E-state index in [9.17, 15) is 9.59 Å². The van der Waals surface area contributed by atoms with E-state index in [0.29, 0.717) is 13.2 Å². The molecule has 0 spiro atoms. The van der Waals surface area contributed by atoms with Gasteiger partial charge in [-0.1, -0.05) is 6.07 Å². The molecule has 0 aromatic carbocycles. The number of rotatable bonds is 6. The summed E-state index contributed by atoms with van der Waals surface area (Å²) in [6.07, 6.45) is 1.96. The van der Waals surface area contributed by atoms with Crippen LogP contribution in [0.3, 0.4) is 0 Å². The Morgan fingerprint density at radius 1 is 1.42 bits per heavy atom. The van der Waals surface area contributed by atoms with E-state index in [4.69, 9.17) is 9.84 Å². The second-order valence-corrected chi connectivity index (χ2v) is 4.44. The third-order valence-corrected chi connectivity index (χ3v) is 2.97. The van der Waals surface area contributed by atoms with E-state index in [-0.39, 0.29) is 23.3 Å². The normalized spacial score (nSPS) is 14.2. The van der Waals surface area contributed by atoms with Crippen molar-refractivity contribution in [3.8, 4) is 0 Å². The van der Waals surface area contributed by atoms with Gasteiger partial charge in [0.25, 0.3) is 5.91 Å². The maximum absolute atomic E-state index is 12.3. The number of nitrogens with zero attached hydrogens (tertiary/aromatic N) is 2. The van der Waals surface area contributed by atoms with Gasteiger partial charge in [-0.2, -0.15) is 0 Å². The first-order valence-corrected chi connectivity index (χ1v) is 6.13. The first-order valence-electron chi connectivity index (χ1n) is 6.13. The van der Waals surface area contributed by atoms with Crippen molar-refractivity contribution < 1.29 is 19.4 Å². The van der Waals surface area contributed by atoms with E-state index in [1.54, 1.807) is 12.0 Å². The van der Waals surface area contributed by atoms with Crippen LogP contribution in [0.2, 0.25) is 0 Å². The van der Waals surface area contributed by atoms with Crippen molar-refractivity contribution in [3.63, 3.8) is 0 Å². The van der Waals surface area contributed by atoms with E-state index in [2.05, 4.69) is 4.98 Å². The predicted molar refractivity (Wildman–Crippen MR) is 67.1 cm³/mol. The Bertz CT molecular complexity index is 485. The summed E-state index contributed by atoms with van der Waals surface area (Å²) >= 11 is 0. The van der Waals surface area contributed by atoms with Crippen molar-refractivity contribution in [2.24, 2.45) is 0 Å². The van der Waals surface area contributed by atoms with Crippen molar-refractivity contribution in [2.45, 2.75) is 18.9 Å². The molecule has 1 N–H and O–H groups in total. The number of ether oxygens (including phenoxy) is 1. The second kappa shape index (κ2) is 5.79. The maximum atomic E-state index is 12.3. The van der Waals surface area contributed by atoms with Crippen molar-refractivity contribution >= 4 is 11.9 Å². The Balaban J connectivity index is 2.16. The maximum Gasteiger partial charge on any atom is 0.354 e. The molecule has 0 radical (unpaired) electrons. The molecule has 0 saturated heterocycles. The van der Waals surface area contributed by atoms with Crippen LogP contribution in [0.25, 0.3) is 0 Å². The SMILES string of the molecule is COCCN(C(=O)c1cccc(C(=O)O)n1)C1CC1. The molecule has 0 atom stereocenters. The number of carbonyl (C=O) groups excluding carboxylic acids is 1. The minimum atomic E-state index is -1.13. The number of carboxylic acid groups (broad SMARTS) is 1. The van der Waals surface area contributed by atoms with E-state index in [1.165, 1.54) is 18.2 Å². The summed E-state index contributed by atoms with van der Waals surface area (Å²) in [5.41, 5.74) is 0.0521. The van der Waals surface area contributed by atoms with Crippen LogP contribution in [0, 0.1) is 0 Å². The van der Waals surface area contributed by atoms with Crippen molar-refractivity contribution in [3.05, 3.63) is 29.6 Å². The average molecular weight is 264 g/mol. The number of methoxy groups -OCH3 is 1. The highest BCUT2D eigenvalue weighted by atomic mass is 16.5. The highest BCUT2D eigenvalue weighted by molar-refractivity contribution is 5.94. The lowest BCUT2D eigenvalue weighted by Crippen LogP contribution is -2.36. The minimum absolute atomic E-state index is 0.117. The molecule has 6 heteroatoms. The molecule has 1 aliphatic carbocycles. The zero-order valence-electron chi connectivity index (χ0n) is 10.7. The molecule has 1 aromatic heterocycles. The highest BCUT2D eigenvalue weighted by Gasteiger charge is 2.33. The van der Waals surface area contributed by atoms with Crippen molar-refractivity contribution in [1.29, 1.82) is 0 Å². The van der Waals surface area contributed by atoms with Crippen LogP contribution in [-0.4, -0.2) is 53.2 Å². The van der Waals surface area contributed by atoms with Gasteiger partial charge >= 0.3 is 5.97 Å². The number of hydrogen-bond acceptors (Lipinski definition) is 4. The molecule has 1 saturated carbocycles. The first kappa shape index (κ1) is 13.5. The summed E-state index contributed by atoms with van der Waals surface area (Å²) in [6.45, 7) is 0.958. The van der Waals surface area contributed by atoms with Gasteiger partial charge in [0.2, 0.25) is 0 Å². The van der Waals surface area contributed by atoms with Gasteiger partial charge in [-0.25, -0.2) is 9.78 Å². The van der Waals surface area contributed by atoms with Crippen LogP contribution in [0.15, 0.2) is 18.2 Å². The minimum Gasteiger partial charge on any atom is -0.477 e. The molecular formula is C13H16N2O4. The number of pyridine rings is 1. The lowest BCUT2D eigenvalue weighted by molar-refractivity contribution is 0.0671. The second-order valence-electron chi connectivity index (χ2n) is 4.44. The molecular weight excluding hydrogens is 248 g/mol. The fourth-order valence-electron chi connectivity index (χ4n) is 1.85. The van der Waals surface area contributed by atoms with E-state index in [1.807, 2.05) is 0 Å². The fourth-order valence-corrected chi connectivity index (χ4v) is 1.85. The lowest BCUT2D eigenvalue weighted by atomic mass is 10.2. The molecule has 1 aromatic rings. The summed E-state index contributed by atoms with van der Waals surface area (Å²) in [5, 5.41) is 8.89. The molecule has 1 fully saturated rings. The Hall–Kier alpha value is -1.95. The van der Waals surface area contributed by atoms with Gasteiger partial charge in [-0.15, -0.1) is 0 Å². The van der Waals surface area contributed by atoms with Crippen molar-refractivity contribution in [2.75, 3.05) is 20.3 Å². The monoisotopic (exact) mass is 264 g/mol. The standard InChI is InChI=1S/C13H16N2O4/c1-19-8-7-15(9-5-6-9)12(16)10-3-2-4-11(14-10)13(17)18/h2-4,9H,5-8H2,1H3,(H,17,18). The number of carboxylic acids is 1. The largest absolute Gasteiger partial charge is 0.477 e. The zero-order chi connectivity index (χ0) is 13.8. The molecule has 0 aliphatic heterocycles. The molecule has 1 aliphatic rings. The van der Waals surface area contributed by atoms with Gasteiger partial charge in [0.05, 0.1) is 6.61 Å². The third kappa shape index (κ3) is 3.29. The van der Waals surface area contributed by atoms with E-state index >= 15 is 0 Å². The molecule has 2 rings (SSSR count). The van der Waals surface area contributed by atoms with Gasteiger partial charge in [-0.3, -0.25) is 4.79 Å². The first-order chi connectivity index (χ1) is 9.13. The van der Waals surface area contributed by atoms with Crippen LogP contribution in [-0.2, 0) is 4.74 Å². The van der Waals surface area contributed by atoms with Crippen LogP contribution in [0.1, 0.15) is 33.8 Å². The Morgan fingerprint density at radius 3 is 2.68 bits per heavy atom. The average Bonchev–Trinajstić information content (AvgIpc) is 3.23. The van der Waals surface area contributed by atoms with E-state index in [0.717, 1.165) is 12.8 Å². The van der Waals surface area contributed by atoms with Crippen LogP contribution < -0.4 is 0 Å². The van der Waals surface area contributed by atoms with Gasteiger partial charge < -0.3 is 14.7 Å². The van der Waals surface area contributed by atoms with Gasteiger partial charge in [0, 0.05) is 19.7 Å². The Labute approximate surface area is 111 Å². The number of hydrogen-bond donors (Lipinski definition) is 1. The van der Waals surface area contributed by atoms with Crippen LogP contribution in [0.5, 0.6) is 0 Å². The summed E-state index contributed by atoms with van der Waals surface area (Å²) in [4.78, 5) is 28.8. The topological polar surface area (TPSA) is 79.7 Å². The van der Waals surface area contributed by atoms with Gasteiger partial charge in [0.15, 0.2) is 0 Å². The van der Waals surface area contributed by atoms with E-state index < -0.39 is 5.97 Å². The molecule has 19 heavy (non-hydrogen) atoms. The summed E-state index contributed by atoms with van der Waals surface area (Å²) < 4.78 is 4.99. The number of carbonyl (C=O) groups is 2. The highest BCUT2D eigenvalue weighted by Crippen LogP contribution is 2.27. The van der Waals surface area contributed by atoms with Crippen LogP contribution in [0.4, 0.5) is 0 Å². The number of aromatic nitrogens is 1. The predicted octanol–water partition coefficient (Wildman–Crippen LogP) is 1.03. The number of aromatic carboxylic acids is 1. The Kier molecular flexibility index (Phi) is 4.11. The van der Waals surface area contributed by atoms with Crippen molar-refractivity contribution in [1.82, 2.24) is 9.88 Å². The van der Waals surface area contributed by atoms with Gasteiger partial charge in [0.1, 0.15) is 11.4 Å². The lowest BCUT2D eigenvalue weighted by Gasteiger charge is -2.21.